The topological polar surface area (TPSA) is 69.7 Å². The molecule has 6 heteroatoms. The van der Waals surface area contributed by atoms with Crippen molar-refractivity contribution in [2.45, 2.75) is 13.3 Å². The van der Waals surface area contributed by atoms with Crippen molar-refractivity contribution in [2.24, 2.45) is 5.92 Å². The highest BCUT2D eigenvalue weighted by atomic mass is 16.2. The predicted molar refractivity (Wildman–Crippen MR) is 98.2 cm³/mol. The third kappa shape index (κ3) is 4.56. The maximum atomic E-state index is 12.6. The van der Waals surface area contributed by atoms with E-state index in [-0.39, 0.29) is 30.1 Å². The van der Waals surface area contributed by atoms with Crippen LogP contribution in [0.25, 0.3) is 0 Å². The second kappa shape index (κ2) is 8.28. The maximum Gasteiger partial charge on any atom is 0.228 e. The number of benzene rings is 1. The lowest BCUT2D eigenvalue weighted by Crippen LogP contribution is -2.37. The zero-order valence-corrected chi connectivity index (χ0v) is 14.4. The molecule has 1 saturated heterocycles. The average molecular weight is 341 g/mol. The molecule has 0 aliphatic carbocycles. The fraction of sp³-hybridized carbons (Fsp3) is 0.316. The van der Waals surface area contributed by atoms with E-state index in [2.05, 4.69) is 18.5 Å². The molecule has 0 aromatic heterocycles. The van der Waals surface area contributed by atoms with Crippen LogP contribution in [0, 0.1) is 5.92 Å². The molecule has 1 heterocycles. The van der Waals surface area contributed by atoms with Gasteiger partial charge in [-0.2, -0.15) is 0 Å². The van der Waals surface area contributed by atoms with Crippen LogP contribution < -0.4 is 10.2 Å². The van der Waals surface area contributed by atoms with Crippen molar-refractivity contribution in [1.29, 1.82) is 0 Å². The second-order valence-electron chi connectivity index (χ2n) is 5.95. The molecule has 0 unspecified atom stereocenters. The molecule has 1 aromatic rings. The molecule has 0 spiro atoms. The summed E-state index contributed by atoms with van der Waals surface area (Å²) < 4.78 is 0. The lowest BCUT2D eigenvalue weighted by Gasteiger charge is -2.23. The van der Waals surface area contributed by atoms with Gasteiger partial charge in [-0.05, 0) is 24.3 Å². The Balaban J connectivity index is 2.08. The van der Waals surface area contributed by atoms with Crippen molar-refractivity contribution < 1.29 is 14.4 Å². The Morgan fingerprint density at radius 3 is 2.36 bits per heavy atom. The predicted octanol–water partition coefficient (Wildman–Crippen LogP) is 2.20. The molecule has 6 nitrogen and oxygen atoms in total. The molecule has 0 bridgehead atoms. The van der Waals surface area contributed by atoms with Gasteiger partial charge < -0.3 is 15.1 Å². The van der Waals surface area contributed by atoms with Crippen LogP contribution in [0.5, 0.6) is 0 Å². The van der Waals surface area contributed by atoms with Crippen LogP contribution >= 0.6 is 0 Å². The lowest BCUT2D eigenvalue weighted by atomic mass is 10.1. The van der Waals surface area contributed by atoms with Gasteiger partial charge in [0.1, 0.15) is 0 Å². The molecule has 2 rings (SSSR count). The first-order valence-corrected chi connectivity index (χ1v) is 8.14. The summed E-state index contributed by atoms with van der Waals surface area (Å²) in [5.74, 6) is -0.670. The Morgan fingerprint density at radius 2 is 1.84 bits per heavy atom. The minimum Gasteiger partial charge on any atom is -0.335 e. The number of carbonyl (C=O) groups is 3. The summed E-state index contributed by atoms with van der Waals surface area (Å²) in [6.07, 6.45) is 3.52. The molecular weight excluding hydrogens is 318 g/mol. The number of amides is 3. The summed E-state index contributed by atoms with van der Waals surface area (Å²) >= 11 is 0. The van der Waals surface area contributed by atoms with Crippen molar-refractivity contribution in [3.05, 3.63) is 49.6 Å². The van der Waals surface area contributed by atoms with Gasteiger partial charge in [0.2, 0.25) is 17.7 Å². The molecule has 3 amide bonds. The van der Waals surface area contributed by atoms with Gasteiger partial charge in [-0.25, -0.2) is 0 Å². The Morgan fingerprint density at radius 1 is 1.24 bits per heavy atom. The van der Waals surface area contributed by atoms with E-state index in [0.29, 0.717) is 31.0 Å². The standard InChI is InChI=1S/C19H23N3O3/c1-4-10-21(11-5-2)19(25)15-12-18(24)22(13-15)17-8-6-16(7-9-17)20-14(3)23/h4-9,15H,1-2,10-13H2,3H3,(H,20,23)/t15-/m1/s1. The summed E-state index contributed by atoms with van der Waals surface area (Å²) in [5, 5.41) is 2.68. The van der Waals surface area contributed by atoms with Crippen molar-refractivity contribution in [3.8, 4) is 0 Å². The molecule has 132 valence electrons. The van der Waals surface area contributed by atoms with E-state index in [1.807, 2.05) is 0 Å². The molecule has 1 aliphatic heterocycles. The smallest absolute Gasteiger partial charge is 0.228 e. The van der Waals surface area contributed by atoms with E-state index in [0.717, 1.165) is 0 Å². The first-order valence-electron chi connectivity index (χ1n) is 8.14. The Bertz CT molecular complexity index is 672. The number of rotatable bonds is 7. The van der Waals surface area contributed by atoms with Crippen molar-refractivity contribution >= 4 is 29.1 Å². The Labute approximate surface area is 147 Å². The van der Waals surface area contributed by atoms with Crippen LogP contribution in [0.15, 0.2) is 49.6 Å². The third-order valence-electron chi connectivity index (χ3n) is 3.98. The van der Waals surface area contributed by atoms with Crippen LogP contribution in [0.1, 0.15) is 13.3 Å². The molecule has 1 atom stereocenters. The van der Waals surface area contributed by atoms with E-state index in [1.165, 1.54) is 6.92 Å². The monoisotopic (exact) mass is 341 g/mol. The summed E-state index contributed by atoms with van der Waals surface area (Å²) in [6, 6.07) is 7.00. The SMILES string of the molecule is C=CCN(CC=C)C(=O)[C@@H]1CC(=O)N(c2ccc(NC(C)=O)cc2)C1. The fourth-order valence-electron chi connectivity index (χ4n) is 2.87. The third-order valence-corrected chi connectivity index (χ3v) is 3.98. The second-order valence-corrected chi connectivity index (χ2v) is 5.95. The van der Waals surface area contributed by atoms with Crippen molar-refractivity contribution in [1.82, 2.24) is 4.90 Å². The number of hydrogen-bond acceptors (Lipinski definition) is 3. The molecule has 0 saturated carbocycles. The van der Waals surface area contributed by atoms with Gasteiger partial charge in [-0.1, -0.05) is 12.2 Å². The molecular formula is C19H23N3O3. The summed E-state index contributed by atoms with van der Waals surface area (Å²) in [4.78, 5) is 39.3. The van der Waals surface area contributed by atoms with Gasteiger partial charge in [0.05, 0.1) is 5.92 Å². The average Bonchev–Trinajstić information content (AvgIpc) is 2.96. The highest BCUT2D eigenvalue weighted by Gasteiger charge is 2.36. The number of nitrogens with zero attached hydrogens (tertiary/aromatic N) is 2. The highest BCUT2D eigenvalue weighted by Crippen LogP contribution is 2.27. The summed E-state index contributed by atoms with van der Waals surface area (Å²) in [5.41, 5.74) is 1.38. The van der Waals surface area contributed by atoms with E-state index >= 15 is 0 Å². The normalized spacial score (nSPS) is 16.4. The van der Waals surface area contributed by atoms with Gasteiger partial charge in [-0.3, -0.25) is 14.4 Å². The first kappa shape index (κ1) is 18.4. The quantitative estimate of drug-likeness (QED) is 0.773. The van der Waals surface area contributed by atoms with Gasteiger partial charge in [0.15, 0.2) is 0 Å². The van der Waals surface area contributed by atoms with Crippen LogP contribution in [0.4, 0.5) is 11.4 Å². The lowest BCUT2D eigenvalue weighted by molar-refractivity contribution is -0.134. The number of anilines is 2. The van der Waals surface area contributed by atoms with Gasteiger partial charge in [0, 0.05) is 44.4 Å². The fourth-order valence-corrected chi connectivity index (χ4v) is 2.87. The first-order chi connectivity index (χ1) is 12.0. The molecule has 1 aliphatic rings. The van der Waals surface area contributed by atoms with E-state index in [9.17, 15) is 14.4 Å². The minimum atomic E-state index is -0.373. The molecule has 1 fully saturated rings. The molecule has 1 aromatic carbocycles. The zero-order chi connectivity index (χ0) is 18.4. The van der Waals surface area contributed by atoms with E-state index in [4.69, 9.17) is 0 Å². The highest BCUT2D eigenvalue weighted by molar-refractivity contribution is 6.00. The summed E-state index contributed by atoms with van der Waals surface area (Å²) in [7, 11) is 0. The zero-order valence-electron chi connectivity index (χ0n) is 14.4. The van der Waals surface area contributed by atoms with E-state index < -0.39 is 0 Å². The van der Waals surface area contributed by atoms with Crippen LogP contribution in [0.3, 0.4) is 0 Å². The molecule has 1 N–H and O–H groups in total. The molecule has 25 heavy (non-hydrogen) atoms. The van der Waals surface area contributed by atoms with Gasteiger partial charge in [-0.15, -0.1) is 13.2 Å². The number of hydrogen-bond donors (Lipinski definition) is 1. The number of nitrogens with one attached hydrogen (secondary N) is 1. The summed E-state index contributed by atoms with van der Waals surface area (Å²) in [6.45, 7) is 9.97. The largest absolute Gasteiger partial charge is 0.335 e. The van der Waals surface area contributed by atoms with E-state index in [1.54, 1.807) is 46.2 Å². The van der Waals surface area contributed by atoms with Gasteiger partial charge >= 0.3 is 0 Å². The van der Waals surface area contributed by atoms with Crippen molar-refractivity contribution in [2.75, 3.05) is 29.9 Å². The van der Waals surface area contributed by atoms with Crippen LogP contribution in [-0.4, -0.2) is 42.3 Å². The number of carbonyl (C=O) groups excluding carboxylic acids is 3. The van der Waals surface area contributed by atoms with Crippen LogP contribution in [0.2, 0.25) is 0 Å². The Hall–Kier alpha value is -2.89. The van der Waals surface area contributed by atoms with Crippen molar-refractivity contribution in [3.63, 3.8) is 0 Å². The molecule has 0 radical (unpaired) electrons. The maximum absolute atomic E-state index is 12.6. The van der Waals surface area contributed by atoms with Gasteiger partial charge in [0.25, 0.3) is 0 Å². The Kier molecular flexibility index (Phi) is 6.11. The van der Waals surface area contributed by atoms with Crippen LogP contribution in [-0.2, 0) is 14.4 Å². The minimum absolute atomic E-state index is 0.0643.